The quantitative estimate of drug-likeness (QED) is 0.422. The van der Waals surface area contributed by atoms with Gasteiger partial charge in [-0.15, -0.1) is 11.3 Å². The Morgan fingerprint density at radius 1 is 1.16 bits per heavy atom. The maximum atomic E-state index is 13.2. The molecule has 0 saturated heterocycles. The number of anilines is 1. The zero-order chi connectivity index (χ0) is 22.4. The molecule has 2 aromatic carbocycles. The summed E-state index contributed by atoms with van der Waals surface area (Å²) in [5.41, 5.74) is 0.586. The Kier molecular flexibility index (Phi) is 6.99. The zero-order valence-electron chi connectivity index (χ0n) is 17.0. The lowest BCUT2D eigenvalue weighted by Crippen LogP contribution is -2.46. The number of hydrogen-bond donors (Lipinski definition) is 1. The van der Waals surface area contributed by atoms with E-state index in [-0.39, 0.29) is 17.2 Å². The van der Waals surface area contributed by atoms with E-state index in [1.54, 1.807) is 43.2 Å². The summed E-state index contributed by atoms with van der Waals surface area (Å²) >= 11 is 1.53. The Bertz CT molecular complexity index is 1070. The van der Waals surface area contributed by atoms with Crippen molar-refractivity contribution in [2.75, 3.05) is 12.0 Å². The molecule has 0 bridgehead atoms. The van der Waals surface area contributed by atoms with Gasteiger partial charge in [0, 0.05) is 28.3 Å². The molecule has 2 amide bonds. The third-order valence-corrected chi connectivity index (χ3v) is 5.44. The molecule has 1 heterocycles. The van der Waals surface area contributed by atoms with Crippen LogP contribution in [0.2, 0.25) is 0 Å². The Hall–Kier alpha value is -3.72. The molecule has 0 saturated carbocycles. The first-order chi connectivity index (χ1) is 14.9. The number of rotatable bonds is 8. The number of ether oxygens (including phenoxy) is 1. The molecule has 3 rings (SSSR count). The molecule has 0 aliphatic heterocycles. The zero-order valence-corrected chi connectivity index (χ0v) is 17.8. The minimum atomic E-state index is -0.853. The number of nitro benzene ring substituents is 1. The van der Waals surface area contributed by atoms with E-state index in [4.69, 9.17) is 4.74 Å². The number of carbonyl (C=O) groups excluding carboxylic acids is 2. The molecule has 1 aromatic heterocycles. The van der Waals surface area contributed by atoms with Crippen LogP contribution in [0, 0.1) is 10.1 Å². The van der Waals surface area contributed by atoms with E-state index in [0.717, 1.165) is 4.88 Å². The van der Waals surface area contributed by atoms with Crippen molar-refractivity contribution in [3.8, 4) is 5.75 Å². The van der Waals surface area contributed by atoms with Crippen molar-refractivity contribution in [2.45, 2.75) is 19.5 Å². The topological polar surface area (TPSA) is 102 Å². The molecule has 0 aliphatic carbocycles. The van der Waals surface area contributed by atoms with E-state index >= 15 is 0 Å². The van der Waals surface area contributed by atoms with E-state index in [1.807, 2.05) is 17.5 Å². The van der Waals surface area contributed by atoms with E-state index in [0.29, 0.717) is 18.0 Å². The van der Waals surface area contributed by atoms with Crippen LogP contribution in [0.1, 0.15) is 22.2 Å². The van der Waals surface area contributed by atoms with Crippen LogP contribution in [0.15, 0.2) is 66.0 Å². The first-order valence-electron chi connectivity index (χ1n) is 9.42. The Morgan fingerprint density at radius 3 is 2.52 bits per heavy atom. The average molecular weight is 439 g/mol. The number of nitrogens with zero attached hydrogens (tertiary/aromatic N) is 2. The fourth-order valence-electron chi connectivity index (χ4n) is 2.95. The SMILES string of the molecule is COc1ccc(N(Cc2cccs2)C(=O)C(C)NC(=O)c2cccc([N+](=O)[O-])c2)cc1. The van der Waals surface area contributed by atoms with Crippen molar-refractivity contribution in [3.05, 3.63) is 86.6 Å². The Balaban J connectivity index is 1.79. The molecule has 1 N–H and O–H groups in total. The van der Waals surface area contributed by atoms with Gasteiger partial charge in [-0.1, -0.05) is 12.1 Å². The molecule has 0 aliphatic rings. The van der Waals surface area contributed by atoms with Crippen molar-refractivity contribution in [1.82, 2.24) is 5.32 Å². The number of thiophene rings is 1. The summed E-state index contributed by atoms with van der Waals surface area (Å²) in [6, 6.07) is 15.4. The number of benzene rings is 2. The molecule has 1 unspecified atom stereocenters. The largest absolute Gasteiger partial charge is 0.497 e. The summed E-state index contributed by atoms with van der Waals surface area (Å²) in [6.07, 6.45) is 0. The number of nitrogens with one attached hydrogen (secondary N) is 1. The Morgan fingerprint density at radius 2 is 1.90 bits per heavy atom. The highest BCUT2D eigenvalue weighted by molar-refractivity contribution is 7.09. The fraction of sp³-hybridized carbons (Fsp3) is 0.182. The van der Waals surface area contributed by atoms with E-state index in [2.05, 4.69) is 5.32 Å². The minimum absolute atomic E-state index is 0.114. The lowest BCUT2D eigenvalue weighted by Gasteiger charge is -2.26. The highest BCUT2D eigenvalue weighted by atomic mass is 32.1. The molecule has 0 spiro atoms. The van der Waals surface area contributed by atoms with Crippen LogP contribution in [-0.2, 0) is 11.3 Å². The van der Waals surface area contributed by atoms with Gasteiger partial charge in [0.1, 0.15) is 11.8 Å². The van der Waals surface area contributed by atoms with E-state index in [9.17, 15) is 19.7 Å². The van der Waals surface area contributed by atoms with E-state index in [1.165, 1.54) is 35.6 Å². The third-order valence-electron chi connectivity index (χ3n) is 4.58. The molecule has 8 nitrogen and oxygen atoms in total. The van der Waals surface area contributed by atoms with Crippen molar-refractivity contribution in [2.24, 2.45) is 0 Å². The van der Waals surface area contributed by atoms with Crippen LogP contribution in [0.4, 0.5) is 11.4 Å². The van der Waals surface area contributed by atoms with Gasteiger partial charge in [-0.05, 0) is 48.7 Å². The first kappa shape index (κ1) is 22.0. The van der Waals surface area contributed by atoms with Crippen LogP contribution in [0.25, 0.3) is 0 Å². The summed E-state index contributed by atoms with van der Waals surface area (Å²) in [5, 5.41) is 15.5. The van der Waals surface area contributed by atoms with Crippen molar-refractivity contribution < 1.29 is 19.2 Å². The van der Waals surface area contributed by atoms with Crippen LogP contribution >= 0.6 is 11.3 Å². The summed E-state index contributed by atoms with van der Waals surface area (Å²) < 4.78 is 5.18. The molecule has 160 valence electrons. The normalized spacial score (nSPS) is 11.4. The standard InChI is InChI=1S/C22H21N3O5S/c1-15(23-21(26)16-5-3-6-18(13-16)25(28)29)22(27)24(14-20-7-4-12-31-20)17-8-10-19(30-2)11-9-17/h3-13,15H,14H2,1-2H3,(H,23,26). The summed E-state index contributed by atoms with van der Waals surface area (Å²) in [4.78, 5) is 38.8. The first-order valence-corrected chi connectivity index (χ1v) is 10.3. The van der Waals surface area contributed by atoms with Gasteiger partial charge in [0.2, 0.25) is 5.91 Å². The number of non-ortho nitro benzene ring substituents is 1. The van der Waals surface area contributed by atoms with Crippen molar-refractivity contribution >= 4 is 34.5 Å². The van der Waals surface area contributed by atoms with E-state index < -0.39 is 16.9 Å². The molecule has 9 heteroatoms. The van der Waals surface area contributed by atoms with Crippen molar-refractivity contribution in [3.63, 3.8) is 0 Å². The summed E-state index contributed by atoms with van der Waals surface area (Å²) in [5.74, 6) is -0.202. The molecule has 31 heavy (non-hydrogen) atoms. The highest BCUT2D eigenvalue weighted by Crippen LogP contribution is 2.23. The van der Waals surface area contributed by atoms with Gasteiger partial charge in [0.15, 0.2) is 0 Å². The number of carbonyl (C=O) groups is 2. The fourth-order valence-corrected chi connectivity index (χ4v) is 3.65. The van der Waals surface area contributed by atoms with Crippen LogP contribution in [-0.4, -0.2) is 29.9 Å². The van der Waals surface area contributed by atoms with Crippen LogP contribution < -0.4 is 15.0 Å². The molecular formula is C22H21N3O5S. The maximum absolute atomic E-state index is 13.2. The van der Waals surface area contributed by atoms with Gasteiger partial charge in [-0.3, -0.25) is 19.7 Å². The van der Waals surface area contributed by atoms with Gasteiger partial charge in [0.25, 0.3) is 11.6 Å². The highest BCUT2D eigenvalue weighted by Gasteiger charge is 2.25. The maximum Gasteiger partial charge on any atom is 0.270 e. The second-order valence-electron chi connectivity index (χ2n) is 6.70. The van der Waals surface area contributed by atoms with Gasteiger partial charge in [0.05, 0.1) is 18.6 Å². The predicted molar refractivity (Wildman–Crippen MR) is 119 cm³/mol. The average Bonchev–Trinajstić information content (AvgIpc) is 3.30. The van der Waals surface area contributed by atoms with Gasteiger partial charge in [-0.2, -0.15) is 0 Å². The second-order valence-corrected chi connectivity index (χ2v) is 7.74. The number of amides is 2. The van der Waals surface area contributed by atoms with Crippen LogP contribution in [0.3, 0.4) is 0 Å². The van der Waals surface area contributed by atoms with Gasteiger partial charge < -0.3 is 15.0 Å². The molecule has 3 aromatic rings. The monoisotopic (exact) mass is 439 g/mol. The summed E-state index contributed by atoms with van der Waals surface area (Å²) in [7, 11) is 1.56. The minimum Gasteiger partial charge on any atom is -0.497 e. The molecular weight excluding hydrogens is 418 g/mol. The number of methoxy groups -OCH3 is 1. The smallest absolute Gasteiger partial charge is 0.270 e. The number of nitro groups is 1. The lowest BCUT2D eigenvalue weighted by atomic mass is 10.1. The number of hydrogen-bond acceptors (Lipinski definition) is 6. The molecule has 0 fully saturated rings. The summed E-state index contributed by atoms with van der Waals surface area (Å²) in [6.45, 7) is 1.93. The Labute approximate surface area is 183 Å². The molecule has 0 radical (unpaired) electrons. The van der Waals surface area contributed by atoms with Crippen LogP contribution in [0.5, 0.6) is 5.75 Å². The molecule has 1 atom stereocenters. The lowest BCUT2D eigenvalue weighted by molar-refractivity contribution is -0.384. The predicted octanol–water partition coefficient (Wildman–Crippen LogP) is 4.02. The van der Waals surface area contributed by atoms with Crippen molar-refractivity contribution in [1.29, 1.82) is 0 Å². The van der Waals surface area contributed by atoms with Gasteiger partial charge in [-0.25, -0.2) is 0 Å². The second kappa shape index (κ2) is 9.86. The third kappa shape index (κ3) is 5.46. The van der Waals surface area contributed by atoms with Gasteiger partial charge >= 0.3 is 0 Å².